The van der Waals surface area contributed by atoms with Crippen molar-refractivity contribution in [2.75, 3.05) is 18.1 Å². The average molecular weight is 410 g/mol. The highest BCUT2D eigenvalue weighted by Crippen LogP contribution is 2.25. The minimum Gasteiger partial charge on any atom is -0.461 e. The van der Waals surface area contributed by atoms with E-state index >= 15 is 0 Å². The van der Waals surface area contributed by atoms with Gasteiger partial charge in [-0.3, -0.25) is 9.59 Å². The van der Waals surface area contributed by atoms with Crippen molar-refractivity contribution >= 4 is 29.3 Å². The zero-order valence-electron chi connectivity index (χ0n) is 16.5. The third-order valence-corrected chi connectivity index (χ3v) is 4.98. The Morgan fingerprint density at radius 3 is 2.62 bits per heavy atom. The van der Waals surface area contributed by atoms with Crippen LogP contribution in [0.25, 0.3) is 11.6 Å². The monoisotopic (exact) mass is 410 g/mol. The van der Waals surface area contributed by atoms with E-state index < -0.39 is 5.91 Å². The topological polar surface area (TPSA) is 97.1 Å². The fourth-order valence-electron chi connectivity index (χ4n) is 2.87. The fourth-order valence-corrected chi connectivity index (χ4v) is 3.49. The molecular weight excluding hydrogens is 388 g/mol. The molecule has 0 aliphatic rings. The number of rotatable bonds is 7. The van der Waals surface area contributed by atoms with E-state index in [1.165, 1.54) is 11.8 Å². The Morgan fingerprint density at radius 2 is 1.93 bits per heavy atom. The van der Waals surface area contributed by atoms with Crippen LogP contribution in [0.1, 0.15) is 28.5 Å². The van der Waals surface area contributed by atoms with Crippen molar-refractivity contribution in [3.8, 4) is 11.6 Å². The molecule has 2 amide bonds. The van der Waals surface area contributed by atoms with Gasteiger partial charge < -0.3 is 15.1 Å². The second-order valence-corrected chi connectivity index (χ2v) is 7.03. The molecule has 3 aromatic rings. The van der Waals surface area contributed by atoms with Gasteiger partial charge in [0.25, 0.3) is 5.91 Å². The summed E-state index contributed by atoms with van der Waals surface area (Å²) in [4.78, 5) is 33.8. The lowest BCUT2D eigenvalue weighted by atomic mass is 10.1. The Labute approximate surface area is 173 Å². The van der Waals surface area contributed by atoms with Crippen LogP contribution in [0.15, 0.2) is 52.1 Å². The lowest BCUT2D eigenvalue weighted by Gasteiger charge is -2.13. The van der Waals surface area contributed by atoms with Gasteiger partial charge in [0.1, 0.15) is 5.03 Å². The van der Waals surface area contributed by atoms with Gasteiger partial charge >= 0.3 is 0 Å². The summed E-state index contributed by atoms with van der Waals surface area (Å²) in [6.45, 7) is 3.61. The highest BCUT2D eigenvalue weighted by atomic mass is 32.2. The van der Waals surface area contributed by atoms with E-state index in [1.807, 2.05) is 37.4 Å². The van der Waals surface area contributed by atoms with Crippen molar-refractivity contribution in [2.45, 2.75) is 25.3 Å². The molecule has 150 valence electrons. The molecule has 0 saturated heterocycles. The highest BCUT2D eigenvalue weighted by Gasteiger charge is 2.20. The number of hydrogen-bond acceptors (Lipinski definition) is 6. The van der Waals surface area contributed by atoms with Crippen LogP contribution in [-0.4, -0.2) is 34.6 Å². The van der Waals surface area contributed by atoms with Crippen molar-refractivity contribution in [3.63, 3.8) is 0 Å². The molecule has 2 aromatic heterocycles. The summed E-state index contributed by atoms with van der Waals surface area (Å²) in [7, 11) is 0. The smallest absolute Gasteiger partial charge is 0.256 e. The van der Waals surface area contributed by atoms with Gasteiger partial charge in [0.05, 0.1) is 24.1 Å². The van der Waals surface area contributed by atoms with E-state index in [2.05, 4.69) is 20.6 Å². The molecule has 0 aliphatic carbocycles. The van der Waals surface area contributed by atoms with Crippen molar-refractivity contribution in [2.24, 2.45) is 0 Å². The van der Waals surface area contributed by atoms with Crippen LogP contribution in [0.3, 0.4) is 0 Å². The van der Waals surface area contributed by atoms with Crippen LogP contribution in [0.5, 0.6) is 0 Å². The third-order valence-electron chi connectivity index (χ3n) is 4.30. The number of benzene rings is 1. The molecule has 0 unspecified atom stereocenters. The Balaban J connectivity index is 1.71. The fraction of sp³-hybridized carbons (Fsp3) is 0.238. The van der Waals surface area contributed by atoms with Gasteiger partial charge in [-0.2, -0.15) is 0 Å². The minimum atomic E-state index is -0.392. The molecule has 0 radical (unpaired) electrons. The molecular formula is C21H22N4O3S. The zero-order valence-corrected chi connectivity index (χ0v) is 17.3. The number of thioether (sulfide) groups is 1. The first-order valence-electron chi connectivity index (χ1n) is 9.16. The normalized spacial score (nSPS) is 10.6. The van der Waals surface area contributed by atoms with Gasteiger partial charge in [-0.05, 0) is 43.4 Å². The molecule has 29 heavy (non-hydrogen) atoms. The number of nitrogens with one attached hydrogen (secondary N) is 2. The number of hydrogen-bond donors (Lipinski definition) is 2. The predicted octanol–water partition coefficient (Wildman–Crippen LogP) is 3.70. The molecule has 7 nitrogen and oxygen atoms in total. The molecule has 0 bridgehead atoms. The SMILES string of the molecule is CCc1ccccc1NC(=O)CNC(=O)c1c(C)nc(-c2ccco2)nc1SC. The largest absolute Gasteiger partial charge is 0.461 e. The van der Waals surface area contributed by atoms with Crippen LogP contribution in [0.4, 0.5) is 5.69 Å². The number of para-hydroxylation sites is 1. The van der Waals surface area contributed by atoms with Crippen LogP contribution in [-0.2, 0) is 11.2 Å². The van der Waals surface area contributed by atoms with Crippen molar-refractivity contribution in [3.05, 3.63) is 59.5 Å². The standard InChI is InChI=1S/C21H22N4O3S/c1-4-14-8-5-6-9-15(14)24-17(26)12-22-20(27)18-13(2)23-19(25-21(18)29-3)16-10-7-11-28-16/h5-11H,4,12H2,1-3H3,(H,22,27)(H,24,26). The summed E-state index contributed by atoms with van der Waals surface area (Å²) in [5.74, 6) is 0.263. The van der Waals surface area contributed by atoms with Crippen molar-refractivity contribution in [1.29, 1.82) is 0 Å². The molecule has 0 spiro atoms. The van der Waals surface area contributed by atoms with Gasteiger partial charge in [-0.15, -0.1) is 11.8 Å². The van der Waals surface area contributed by atoms with Gasteiger partial charge in [0.2, 0.25) is 5.91 Å². The average Bonchev–Trinajstić information content (AvgIpc) is 3.26. The quantitative estimate of drug-likeness (QED) is 0.455. The molecule has 2 N–H and O–H groups in total. The summed E-state index contributed by atoms with van der Waals surface area (Å²) in [6.07, 6.45) is 4.18. The number of furan rings is 1. The summed E-state index contributed by atoms with van der Waals surface area (Å²) in [5, 5.41) is 6.02. The van der Waals surface area contributed by atoms with E-state index in [0.717, 1.165) is 17.7 Å². The first kappa shape index (κ1) is 20.6. The molecule has 8 heteroatoms. The molecule has 0 aliphatic heterocycles. The minimum absolute atomic E-state index is 0.149. The maximum atomic E-state index is 12.7. The Bertz CT molecular complexity index is 1020. The first-order valence-corrected chi connectivity index (χ1v) is 10.4. The Morgan fingerprint density at radius 1 is 1.14 bits per heavy atom. The van der Waals surface area contributed by atoms with Gasteiger partial charge in [-0.1, -0.05) is 25.1 Å². The predicted molar refractivity (Wildman–Crippen MR) is 113 cm³/mol. The number of aromatic nitrogens is 2. The highest BCUT2D eigenvalue weighted by molar-refractivity contribution is 7.98. The third kappa shape index (κ3) is 4.83. The number of nitrogens with zero attached hydrogens (tertiary/aromatic N) is 2. The number of anilines is 1. The summed E-state index contributed by atoms with van der Waals surface area (Å²) < 4.78 is 5.34. The Hall–Kier alpha value is -3.13. The number of carbonyl (C=O) groups is 2. The molecule has 2 heterocycles. The van der Waals surface area contributed by atoms with Crippen LogP contribution in [0.2, 0.25) is 0 Å². The summed E-state index contributed by atoms with van der Waals surface area (Å²) in [6, 6.07) is 11.1. The summed E-state index contributed by atoms with van der Waals surface area (Å²) in [5.41, 5.74) is 2.66. The number of aryl methyl sites for hydroxylation is 2. The molecule has 3 rings (SSSR count). The van der Waals surface area contributed by atoms with Crippen LogP contribution >= 0.6 is 11.8 Å². The maximum absolute atomic E-state index is 12.7. The van der Waals surface area contributed by atoms with Gasteiger partial charge in [0, 0.05) is 5.69 Å². The van der Waals surface area contributed by atoms with E-state index in [4.69, 9.17) is 4.42 Å². The molecule has 0 fully saturated rings. The van der Waals surface area contributed by atoms with Crippen molar-refractivity contribution in [1.82, 2.24) is 15.3 Å². The molecule has 1 aromatic carbocycles. The lowest BCUT2D eigenvalue weighted by molar-refractivity contribution is -0.115. The molecule has 0 atom stereocenters. The van der Waals surface area contributed by atoms with E-state index in [1.54, 1.807) is 25.3 Å². The molecule has 0 saturated carbocycles. The second kappa shape index (κ2) is 9.38. The van der Waals surface area contributed by atoms with Crippen molar-refractivity contribution < 1.29 is 14.0 Å². The second-order valence-electron chi connectivity index (χ2n) is 6.24. The van der Waals surface area contributed by atoms with Crippen LogP contribution < -0.4 is 10.6 Å². The maximum Gasteiger partial charge on any atom is 0.256 e. The lowest BCUT2D eigenvalue weighted by Crippen LogP contribution is -2.34. The van der Waals surface area contributed by atoms with E-state index in [-0.39, 0.29) is 12.5 Å². The van der Waals surface area contributed by atoms with E-state index in [9.17, 15) is 9.59 Å². The number of carbonyl (C=O) groups excluding carboxylic acids is 2. The van der Waals surface area contributed by atoms with E-state index in [0.29, 0.717) is 27.9 Å². The Kier molecular flexibility index (Phi) is 6.66. The summed E-state index contributed by atoms with van der Waals surface area (Å²) >= 11 is 1.34. The number of amides is 2. The van der Waals surface area contributed by atoms with Gasteiger partial charge in [0.15, 0.2) is 11.6 Å². The zero-order chi connectivity index (χ0) is 20.8. The van der Waals surface area contributed by atoms with Crippen LogP contribution in [0, 0.1) is 6.92 Å². The first-order chi connectivity index (χ1) is 14.0. The van der Waals surface area contributed by atoms with Gasteiger partial charge in [-0.25, -0.2) is 9.97 Å².